The Labute approximate surface area is 114 Å². The monoisotopic (exact) mass is 268 g/mol. The van der Waals surface area contributed by atoms with Crippen LogP contribution >= 0.6 is 12.2 Å². The summed E-state index contributed by atoms with van der Waals surface area (Å²) >= 11 is 5.10. The first-order valence-corrected chi connectivity index (χ1v) is 6.52. The molecule has 4 nitrogen and oxygen atoms in total. The Bertz CT molecular complexity index is 355. The first kappa shape index (κ1) is 14.7. The normalized spacial score (nSPS) is 9.89. The lowest BCUT2D eigenvalue weighted by molar-refractivity contribution is 0.110. The molecule has 1 aromatic carbocycles. The highest BCUT2D eigenvalue weighted by Crippen LogP contribution is 2.15. The molecule has 0 saturated heterocycles. The van der Waals surface area contributed by atoms with Gasteiger partial charge in [0.2, 0.25) is 0 Å². The molecule has 0 heterocycles. The molecule has 2 N–H and O–H groups in total. The first-order chi connectivity index (χ1) is 8.76. The second-order valence-corrected chi connectivity index (χ2v) is 3.96. The van der Waals surface area contributed by atoms with Gasteiger partial charge in [0.05, 0.1) is 6.61 Å². The molecule has 0 bridgehead atoms. The molecule has 0 fully saturated rings. The number of thiocarbonyl (C=S) groups is 1. The first-order valence-electron chi connectivity index (χ1n) is 6.11. The maximum absolute atomic E-state index is 5.51. The Balaban J connectivity index is 2.35. The molecule has 100 valence electrons. The minimum absolute atomic E-state index is 0.566. The molecule has 0 unspecified atom stereocenters. The van der Waals surface area contributed by atoms with Crippen LogP contribution in [0.15, 0.2) is 24.3 Å². The van der Waals surface area contributed by atoms with Crippen molar-refractivity contribution in [1.29, 1.82) is 0 Å². The van der Waals surface area contributed by atoms with Crippen LogP contribution in [0.3, 0.4) is 0 Å². The molecule has 1 rings (SSSR count). The lowest BCUT2D eigenvalue weighted by Gasteiger charge is -2.10. The van der Waals surface area contributed by atoms with E-state index >= 15 is 0 Å². The molecule has 5 heteroatoms. The molecule has 0 aliphatic heterocycles. The van der Waals surface area contributed by atoms with Crippen LogP contribution in [0.1, 0.15) is 13.8 Å². The molecular formula is C13H20N2O2S. The van der Waals surface area contributed by atoms with Gasteiger partial charge in [-0.1, -0.05) is 0 Å². The van der Waals surface area contributed by atoms with E-state index in [9.17, 15) is 0 Å². The average molecular weight is 268 g/mol. The van der Waals surface area contributed by atoms with Gasteiger partial charge in [0.1, 0.15) is 12.4 Å². The summed E-state index contributed by atoms with van der Waals surface area (Å²) < 4.78 is 10.7. The summed E-state index contributed by atoms with van der Waals surface area (Å²) in [5.74, 6) is 0.828. The van der Waals surface area contributed by atoms with Gasteiger partial charge in [-0.2, -0.15) is 0 Å². The number of benzene rings is 1. The summed E-state index contributed by atoms with van der Waals surface area (Å²) in [5, 5.41) is 6.74. The van der Waals surface area contributed by atoms with E-state index in [0.717, 1.165) is 18.0 Å². The Hall–Kier alpha value is -1.33. The molecular weight excluding hydrogens is 248 g/mol. The third-order valence-electron chi connectivity index (χ3n) is 2.15. The molecule has 0 amide bonds. The molecule has 0 atom stereocenters. The minimum atomic E-state index is 0.566. The number of nitrogens with one attached hydrogen (secondary N) is 2. The van der Waals surface area contributed by atoms with Crippen LogP contribution in [0, 0.1) is 0 Å². The number of anilines is 1. The van der Waals surface area contributed by atoms with Crippen molar-refractivity contribution in [2.24, 2.45) is 0 Å². The number of rotatable bonds is 7. The highest BCUT2D eigenvalue weighted by molar-refractivity contribution is 7.80. The molecule has 18 heavy (non-hydrogen) atoms. The van der Waals surface area contributed by atoms with Crippen molar-refractivity contribution in [3.05, 3.63) is 24.3 Å². The van der Waals surface area contributed by atoms with E-state index in [0.29, 0.717) is 24.9 Å². The summed E-state index contributed by atoms with van der Waals surface area (Å²) in [6.07, 6.45) is 0. The van der Waals surface area contributed by atoms with E-state index in [4.69, 9.17) is 21.7 Å². The van der Waals surface area contributed by atoms with Crippen molar-refractivity contribution in [3.63, 3.8) is 0 Å². The zero-order chi connectivity index (χ0) is 13.2. The average Bonchev–Trinajstić information content (AvgIpc) is 2.37. The summed E-state index contributed by atoms with van der Waals surface area (Å²) in [7, 11) is 0. The summed E-state index contributed by atoms with van der Waals surface area (Å²) in [5.41, 5.74) is 0.943. The van der Waals surface area contributed by atoms with Crippen LogP contribution < -0.4 is 15.4 Å². The van der Waals surface area contributed by atoms with Gasteiger partial charge in [0.15, 0.2) is 5.11 Å². The van der Waals surface area contributed by atoms with Gasteiger partial charge in [0.25, 0.3) is 0 Å². The predicted molar refractivity (Wildman–Crippen MR) is 78.3 cm³/mol. The maximum Gasteiger partial charge on any atom is 0.170 e. The zero-order valence-electron chi connectivity index (χ0n) is 10.9. The lowest BCUT2D eigenvalue weighted by Crippen LogP contribution is -2.27. The van der Waals surface area contributed by atoms with Crippen molar-refractivity contribution < 1.29 is 9.47 Å². The van der Waals surface area contributed by atoms with Gasteiger partial charge in [-0.25, -0.2) is 0 Å². The van der Waals surface area contributed by atoms with Crippen molar-refractivity contribution in [1.82, 2.24) is 5.32 Å². The zero-order valence-corrected chi connectivity index (χ0v) is 11.7. The molecule has 0 aliphatic carbocycles. The molecule has 0 radical (unpaired) electrons. The van der Waals surface area contributed by atoms with Crippen molar-refractivity contribution in [3.8, 4) is 5.75 Å². The Kier molecular flexibility index (Phi) is 7.13. The Morgan fingerprint density at radius 3 is 2.50 bits per heavy atom. The van der Waals surface area contributed by atoms with Gasteiger partial charge in [-0.3, -0.25) is 0 Å². The minimum Gasteiger partial charge on any atom is -0.491 e. The van der Waals surface area contributed by atoms with Gasteiger partial charge in [-0.15, -0.1) is 0 Å². The van der Waals surface area contributed by atoms with Gasteiger partial charge in [-0.05, 0) is 50.3 Å². The van der Waals surface area contributed by atoms with Crippen LogP contribution in [0.2, 0.25) is 0 Å². The fraction of sp³-hybridized carbons (Fsp3) is 0.462. The van der Waals surface area contributed by atoms with Crippen LogP contribution in [0.4, 0.5) is 5.69 Å². The van der Waals surface area contributed by atoms with Gasteiger partial charge in [0, 0.05) is 18.8 Å². The van der Waals surface area contributed by atoms with E-state index < -0.39 is 0 Å². The van der Waals surface area contributed by atoms with Crippen LogP contribution in [0.5, 0.6) is 5.75 Å². The third kappa shape index (κ3) is 5.84. The smallest absolute Gasteiger partial charge is 0.170 e. The van der Waals surface area contributed by atoms with Gasteiger partial charge < -0.3 is 20.1 Å². The van der Waals surface area contributed by atoms with Crippen LogP contribution in [-0.2, 0) is 4.74 Å². The van der Waals surface area contributed by atoms with Crippen LogP contribution in [0.25, 0.3) is 0 Å². The maximum atomic E-state index is 5.51. The second kappa shape index (κ2) is 8.72. The van der Waals surface area contributed by atoms with Crippen molar-refractivity contribution in [2.45, 2.75) is 13.8 Å². The lowest BCUT2D eigenvalue weighted by atomic mass is 10.3. The van der Waals surface area contributed by atoms with E-state index in [-0.39, 0.29) is 0 Å². The second-order valence-electron chi connectivity index (χ2n) is 3.55. The SMILES string of the molecule is CCNC(=S)Nc1ccc(OCCOCC)cc1. The highest BCUT2D eigenvalue weighted by atomic mass is 32.1. The highest BCUT2D eigenvalue weighted by Gasteiger charge is 1.97. The quantitative estimate of drug-likeness (QED) is 0.587. The summed E-state index contributed by atoms with van der Waals surface area (Å²) in [6, 6.07) is 7.67. The Morgan fingerprint density at radius 1 is 1.17 bits per heavy atom. The van der Waals surface area contributed by atoms with Crippen molar-refractivity contribution >= 4 is 23.0 Å². The Morgan fingerprint density at radius 2 is 1.89 bits per heavy atom. The molecule has 1 aromatic rings. The fourth-order valence-electron chi connectivity index (χ4n) is 1.33. The van der Waals surface area contributed by atoms with Crippen molar-refractivity contribution in [2.75, 3.05) is 31.7 Å². The van der Waals surface area contributed by atoms with E-state index in [1.165, 1.54) is 0 Å². The van der Waals surface area contributed by atoms with Crippen LogP contribution in [-0.4, -0.2) is 31.5 Å². The molecule has 0 spiro atoms. The molecule has 0 saturated carbocycles. The summed E-state index contributed by atoms with van der Waals surface area (Å²) in [6.45, 7) is 6.67. The molecule has 0 aliphatic rings. The number of ether oxygens (including phenoxy) is 2. The molecule has 0 aromatic heterocycles. The van der Waals surface area contributed by atoms with Gasteiger partial charge >= 0.3 is 0 Å². The van der Waals surface area contributed by atoms with E-state index in [1.54, 1.807) is 0 Å². The number of hydrogen-bond acceptors (Lipinski definition) is 3. The fourth-order valence-corrected chi connectivity index (χ4v) is 1.60. The topological polar surface area (TPSA) is 42.5 Å². The van der Waals surface area contributed by atoms with E-state index in [1.807, 2.05) is 38.1 Å². The van der Waals surface area contributed by atoms with E-state index in [2.05, 4.69) is 10.6 Å². The third-order valence-corrected chi connectivity index (χ3v) is 2.40. The predicted octanol–water partition coefficient (Wildman–Crippen LogP) is 2.41. The number of hydrogen-bond donors (Lipinski definition) is 2. The summed E-state index contributed by atoms with van der Waals surface area (Å²) in [4.78, 5) is 0. The standard InChI is InChI=1S/C13H20N2O2S/c1-3-14-13(18)15-11-5-7-12(8-6-11)17-10-9-16-4-2/h5-8H,3-4,9-10H2,1-2H3,(H2,14,15,18). The largest absolute Gasteiger partial charge is 0.491 e.